The Morgan fingerprint density at radius 3 is 2.52 bits per heavy atom. The molecule has 155 valence electrons. The van der Waals surface area contributed by atoms with Crippen LogP contribution in [0.25, 0.3) is 21.9 Å². The molecule has 0 saturated carbocycles. The number of anilines is 1. The molecule has 9 heteroatoms. The highest BCUT2D eigenvalue weighted by atomic mass is 28.1. The maximum absolute atomic E-state index is 6.19. The van der Waals surface area contributed by atoms with Crippen molar-refractivity contribution in [2.45, 2.75) is 11.6 Å². The summed E-state index contributed by atoms with van der Waals surface area (Å²) in [6.07, 6.45) is 3.12. The molecular weight excluding hydrogens is 410 g/mol. The van der Waals surface area contributed by atoms with Crippen molar-refractivity contribution in [3.63, 3.8) is 0 Å². The third-order valence-corrected chi connectivity index (χ3v) is 5.94. The molecule has 8 nitrogen and oxygen atoms in total. The number of hydrogen-bond donors (Lipinski definition) is 0. The molecule has 1 saturated heterocycles. The normalized spacial score (nSPS) is 18.5. The SMILES string of the molecule is COc1cc2ncnc(N3CC([Si])C(Oc4cnc5ccccc5n4)C3)c2cc1OC. The smallest absolute Gasteiger partial charge is 0.233 e. The number of nitrogens with zero attached hydrogens (tertiary/aromatic N) is 5. The van der Waals surface area contributed by atoms with Gasteiger partial charge >= 0.3 is 0 Å². The van der Waals surface area contributed by atoms with Crippen molar-refractivity contribution >= 4 is 38.0 Å². The van der Waals surface area contributed by atoms with Crippen LogP contribution in [0.3, 0.4) is 0 Å². The highest BCUT2D eigenvalue weighted by Crippen LogP contribution is 2.37. The molecule has 5 rings (SSSR count). The average molecular weight is 431 g/mol. The summed E-state index contributed by atoms with van der Waals surface area (Å²) in [6, 6.07) is 11.5. The summed E-state index contributed by atoms with van der Waals surface area (Å²) in [5.74, 6) is 2.60. The van der Waals surface area contributed by atoms with E-state index in [1.807, 2.05) is 36.4 Å². The zero-order valence-corrected chi connectivity index (χ0v) is 18.1. The van der Waals surface area contributed by atoms with E-state index in [-0.39, 0.29) is 11.6 Å². The lowest BCUT2D eigenvalue weighted by Crippen LogP contribution is -2.26. The van der Waals surface area contributed by atoms with Crippen molar-refractivity contribution < 1.29 is 14.2 Å². The molecule has 1 aliphatic rings. The number of hydrogen-bond acceptors (Lipinski definition) is 8. The first kappa shape index (κ1) is 19.5. The van der Waals surface area contributed by atoms with E-state index >= 15 is 0 Å². The lowest BCUT2D eigenvalue weighted by molar-refractivity contribution is 0.216. The Labute approximate surface area is 182 Å². The first-order valence-electron chi connectivity index (χ1n) is 9.87. The van der Waals surface area contributed by atoms with Crippen LogP contribution in [0.5, 0.6) is 17.4 Å². The molecule has 0 aliphatic carbocycles. The van der Waals surface area contributed by atoms with Crippen LogP contribution in [0.15, 0.2) is 48.9 Å². The van der Waals surface area contributed by atoms with Crippen molar-refractivity contribution in [2.24, 2.45) is 0 Å². The Bertz CT molecular complexity index is 1250. The fraction of sp³-hybridized carbons (Fsp3) is 0.273. The van der Waals surface area contributed by atoms with Gasteiger partial charge in [0.25, 0.3) is 0 Å². The third-order valence-electron chi connectivity index (χ3n) is 5.38. The summed E-state index contributed by atoms with van der Waals surface area (Å²) >= 11 is 0. The molecular formula is C22H20N5O3Si. The zero-order chi connectivity index (χ0) is 21.4. The number of ether oxygens (including phenoxy) is 3. The Hall–Kier alpha value is -3.46. The molecule has 0 N–H and O–H groups in total. The van der Waals surface area contributed by atoms with Gasteiger partial charge in [0.05, 0.1) is 43.5 Å². The van der Waals surface area contributed by atoms with E-state index in [9.17, 15) is 0 Å². The number of fused-ring (bicyclic) bond motifs is 2. The lowest BCUT2D eigenvalue weighted by Gasteiger charge is -2.20. The minimum absolute atomic E-state index is 0.0958. The molecule has 3 radical (unpaired) electrons. The third kappa shape index (κ3) is 3.61. The van der Waals surface area contributed by atoms with Gasteiger partial charge in [-0.3, -0.25) is 0 Å². The van der Waals surface area contributed by atoms with E-state index in [4.69, 9.17) is 14.2 Å². The monoisotopic (exact) mass is 430 g/mol. The van der Waals surface area contributed by atoms with E-state index in [2.05, 4.69) is 35.1 Å². The van der Waals surface area contributed by atoms with Crippen molar-refractivity contribution in [3.8, 4) is 17.4 Å². The number of rotatable bonds is 5. The van der Waals surface area contributed by atoms with Crippen LogP contribution in [0.4, 0.5) is 5.82 Å². The van der Waals surface area contributed by atoms with Crippen LogP contribution in [0.2, 0.25) is 5.54 Å². The summed E-state index contributed by atoms with van der Waals surface area (Å²) in [5.41, 5.74) is 2.54. The second-order valence-corrected chi connectivity index (χ2v) is 8.03. The van der Waals surface area contributed by atoms with Crippen molar-refractivity contribution in [1.82, 2.24) is 19.9 Å². The van der Waals surface area contributed by atoms with Gasteiger partial charge in [-0.1, -0.05) is 12.1 Å². The zero-order valence-electron chi connectivity index (χ0n) is 17.1. The number of benzene rings is 2. The van der Waals surface area contributed by atoms with Gasteiger partial charge in [-0.25, -0.2) is 19.9 Å². The average Bonchev–Trinajstić information content (AvgIpc) is 3.17. The molecule has 2 aromatic heterocycles. The van der Waals surface area contributed by atoms with Crippen LogP contribution in [0.1, 0.15) is 0 Å². The molecule has 0 bridgehead atoms. The highest BCUT2D eigenvalue weighted by molar-refractivity contribution is 6.13. The minimum atomic E-state index is -0.114. The molecule has 0 amide bonds. The fourth-order valence-electron chi connectivity index (χ4n) is 3.84. The largest absolute Gasteiger partial charge is 0.493 e. The van der Waals surface area contributed by atoms with Crippen LogP contribution in [-0.2, 0) is 0 Å². The minimum Gasteiger partial charge on any atom is -0.493 e. The van der Waals surface area contributed by atoms with Gasteiger partial charge in [0, 0.05) is 33.8 Å². The standard InChI is InChI=1S/C22H20N5O3Si/c1-28-17-7-13-16(8-18(17)29-2)24-12-25-22(13)27-10-19(20(31)11-27)30-21-9-23-14-5-3-4-6-15(14)26-21/h3-9,12,19-20H,10-11H2,1-2H3. The summed E-state index contributed by atoms with van der Waals surface area (Å²) in [7, 11) is 7.05. The van der Waals surface area contributed by atoms with Crippen LogP contribution < -0.4 is 19.1 Å². The molecule has 31 heavy (non-hydrogen) atoms. The van der Waals surface area contributed by atoms with Gasteiger partial charge in [-0.15, -0.1) is 0 Å². The lowest BCUT2D eigenvalue weighted by atomic mass is 10.2. The topological polar surface area (TPSA) is 82.5 Å². The van der Waals surface area contributed by atoms with Gasteiger partial charge in [-0.2, -0.15) is 0 Å². The van der Waals surface area contributed by atoms with Crippen molar-refractivity contribution in [3.05, 3.63) is 48.9 Å². The van der Waals surface area contributed by atoms with Gasteiger partial charge in [0.15, 0.2) is 11.5 Å². The Morgan fingerprint density at radius 2 is 1.71 bits per heavy atom. The van der Waals surface area contributed by atoms with E-state index in [0.29, 0.717) is 23.9 Å². The summed E-state index contributed by atoms with van der Waals surface area (Å²) in [6.45, 7) is 1.37. The highest BCUT2D eigenvalue weighted by Gasteiger charge is 2.33. The Balaban J connectivity index is 1.42. The van der Waals surface area contributed by atoms with Gasteiger partial charge < -0.3 is 19.1 Å². The summed E-state index contributed by atoms with van der Waals surface area (Å²) < 4.78 is 17.1. The Kier molecular flexibility index (Phi) is 5.03. The second-order valence-electron chi connectivity index (χ2n) is 7.29. The quantitative estimate of drug-likeness (QED) is 0.447. The first-order valence-corrected chi connectivity index (χ1v) is 10.4. The van der Waals surface area contributed by atoms with E-state index < -0.39 is 0 Å². The number of para-hydroxylation sites is 2. The van der Waals surface area contributed by atoms with Gasteiger partial charge in [-0.05, 0) is 18.2 Å². The van der Waals surface area contributed by atoms with Crippen molar-refractivity contribution in [1.29, 1.82) is 0 Å². The van der Waals surface area contributed by atoms with E-state index in [1.54, 1.807) is 26.7 Å². The van der Waals surface area contributed by atoms with E-state index in [0.717, 1.165) is 34.3 Å². The maximum Gasteiger partial charge on any atom is 0.233 e. The molecule has 3 heterocycles. The summed E-state index contributed by atoms with van der Waals surface area (Å²) in [4.78, 5) is 20.1. The Morgan fingerprint density at radius 1 is 0.935 bits per heavy atom. The second kappa shape index (κ2) is 7.99. The first-order chi connectivity index (χ1) is 15.2. The molecule has 1 aliphatic heterocycles. The molecule has 1 fully saturated rings. The van der Waals surface area contributed by atoms with Gasteiger partial charge in [0.2, 0.25) is 5.88 Å². The van der Waals surface area contributed by atoms with Crippen LogP contribution >= 0.6 is 0 Å². The van der Waals surface area contributed by atoms with Crippen LogP contribution in [0, 0.1) is 0 Å². The fourth-order valence-corrected chi connectivity index (χ4v) is 4.23. The van der Waals surface area contributed by atoms with Crippen LogP contribution in [-0.4, -0.2) is 63.6 Å². The maximum atomic E-state index is 6.19. The van der Waals surface area contributed by atoms with Gasteiger partial charge in [0.1, 0.15) is 18.2 Å². The molecule has 2 atom stereocenters. The predicted molar refractivity (Wildman–Crippen MR) is 118 cm³/mol. The summed E-state index contributed by atoms with van der Waals surface area (Å²) in [5, 5.41) is 0.894. The van der Waals surface area contributed by atoms with E-state index in [1.165, 1.54) is 0 Å². The predicted octanol–water partition coefficient (Wildman–Crippen LogP) is 2.81. The number of aromatic nitrogens is 4. The molecule has 4 aromatic rings. The van der Waals surface area contributed by atoms with Crippen molar-refractivity contribution in [2.75, 3.05) is 32.2 Å². The molecule has 0 spiro atoms. The number of methoxy groups -OCH3 is 2. The molecule has 2 aromatic carbocycles. The molecule has 2 unspecified atom stereocenters.